The fraction of sp³-hybridized carbons (Fsp3) is 0.0714. The summed E-state index contributed by atoms with van der Waals surface area (Å²) in [7, 11) is -3.45. The van der Waals surface area contributed by atoms with Crippen molar-refractivity contribution in [1.29, 1.82) is 0 Å². The van der Waals surface area contributed by atoms with E-state index in [0.717, 1.165) is 17.4 Å². The Balaban J connectivity index is 2.13. The highest BCUT2D eigenvalue weighted by Gasteiger charge is 2.15. The lowest BCUT2D eigenvalue weighted by Gasteiger charge is -2.04. The lowest BCUT2D eigenvalue weighted by atomic mass is 10.1. The van der Waals surface area contributed by atoms with E-state index in [-0.39, 0.29) is 5.16 Å². The van der Waals surface area contributed by atoms with Gasteiger partial charge in [0, 0.05) is 18.0 Å². The van der Waals surface area contributed by atoms with Crippen LogP contribution in [0.2, 0.25) is 0 Å². The second-order valence-corrected chi connectivity index (χ2v) is 6.43. The molecule has 0 amide bonds. The molecule has 1 aromatic carbocycles. The Morgan fingerprint density at radius 2 is 1.86 bits per heavy atom. The van der Waals surface area contributed by atoms with Gasteiger partial charge >= 0.3 is 0 Å². The summed E-state index contributed by atoms with van der Waals surface area (Å²) in [5.74, 6) is 0. The number of hydrogen-bond donors (Lipinski definition) is 1. The normalized spacial score (nSPS) is 11.5. The van der Waals surface area contributed by atoms with Gasteiger partial charge in [0.1, 0.15) is 0 Å². The van der Waals surface area contributed by atoms with Crippen molar-refractivity contribution in [3.05, 3.63) is 48.8 Å². The summed E-state index contributed by atoms with van der Waals surface area (Å²) in [5, 5.41) is 6.70. The van der Waals surface area contributed by atoms with Crippen LogP contribution in [-0.2, 0) is 9.84 Å². The Labute approximate surface area is 121 Å². The van der Waals surface area contributed by atoms with Crippen molar-refractivity contribution in [1.82, 2.24) is 20.2 Å². The fourth-order valence-electron chi connectivity index (χ4n) is 1.98. The standard InChI is InChI=1S/C14H12N4O2S/c1-21(19,20)14-15-8-7-12(17-14)13-11(9-16-18-13)10-5-3-2-4-6-10/h2-9H,1H3,(H,16,18). The SMILES string of the molecule is CS(=O)(=O)c1nccc(-c2[nH]ncc2-c2ccccc2)n1. The number of benzene rings is 1. The first kappa shape index (κ1) is 13.4. The van der Waals surface area contributed by atoms with Gasteiger partial charge in [-0.15, -0.1) is 0 Å². The first-order chi connectivity index (χ1) is 10.1. The third kappa shape index (κ3) is 2.68. The predicted octanol–water partition coefficient (Wildman–Crippen LogP) is 1.94. The summed E-state index contributed by atoms with van der Waals surface area (Å²) in [6.45, 7) is 0. The molecule has 0 aliphatic rings. The molecule has 0 spiro atoms. The zero-order valence-electron chi connectivity index (χ0n) is 11.2. The average Bonchev–Trinajstić information content (AvgIpc) is 2.97. The Hall–Kier alpha value is -2.54. The van der Waals surface area contributed by atoms with Crippen molar-refractivity contribution in [3.63, 3.8) is 0 Å². The largest absolute Gasteiger partial charge is 0.276 e. The molecule has 0 bridgehead atoms. The fourth-order valence-corrected chi connectivity index (χ4v) is 2.49. The van der Waals surface area contributed by atoms with Crippen LogP contribution in [0.25, 0.3) is 22.5 Å². The number of sulfone groups is 1. The lowest BCUT2D eigenvalue weighted by Crippen LogP contribution is -2.04. The monoisotopic (exact) mass is 300 g/mol. The molecule has 1 N–H and O–H groups in total. The minimum atomic E-state index is -3.45. The van der Waals surface area contributed by atoms with Gasteiger partial charge in [0.15, 0.2) is 0 Å². The van der Waals surface area contributed by atoms with E-state index in [1.807, 2.05) is 30.3 Å². The third-order valence-electron chi connectivity index (χ3n) is 2.95. The minimum Gasteiger partial charge on any atom is -0.276 e. The number of nitrogens with zero attached hydrogens (tertiary/aromatic N) is 3. The molecule has 7 heteroatoms. The maximum atomic E-state index is 11.6. The van der Waals surface area contributed by atoms with Crippen molar-refractivity contribution < 1.29 is 8.42 Å². The molecule has 0 aliphatic heterocycles. The van der Waals surface area contributed by atoms with Gasteiger partial charge < -0.3 is 0 Å². The minimum absolute atomic E-state index is 0.200. The van der Waals surface area contributed by atoms with Gasteiger partial charge in [0.2, 0.25) is 15.0 Å². The van der Waals surface area contributed by atoms with E-state index in [2.05, 4.69) is 20.2 Å². The molecule has 6 nitrogen and oxygen atoms in total. The molecular weight excluding hydrogens is 288 g/mol. The highest BCUT2D eigenvalue weighted by molar-refractivity contribution is 7.90. The highest BCUT2D eigenvalue weighted by atomic mass is 32.2. The molecule has 0 unspecified atom stereocenters. The Bertz CT molecular complexity index is 873. The predicted molar refractivity (Wildman–Crippen MR) is 78.2 cm³/mol. The first-order valence-corrected chi connectivity index (χ1v) is 8.07. The van der Waals surface area contributed by atoms with Crippen molar-refractivity contribution in [2.75, 3.05) is 6.26 Å². The lowest BCUT2D eigenvalue weighted by molar-refractivity contribution is 0.593. The van der Waals surface area contributed by atoms with Crippen LogP contribution in [0.4, 0.5) is 0 Å². The van der Waals surface area contributed by atoms with Crippen LogP contribution in [-0.4, -0.2) is 34.8 Å². The van der Waals surface area contributed by atoms with Crippen molar-refractivity contribution >= 4 is 9.84 Å². The molecule has 2 heterocycles. The first-order valence-electron chi connectivity index (χ1n) is 6.18. The van der Waals surface area contributed by atoms with Gasteiger partial charge in [0.05, 0.1) is 17.6 Å². The molecule has 0 fully saturated rings. The van der Waals surface area contributed by atoms with Crippen LogP contribution in [0.3, 0.4) is 0 Å². The molecule has 0 radical (unpaired) electrons. The summed E-state index contributed by atoms with van der Waals surface area (Å²) in [4.78, 5) is 7.89. The van der Waals surface area contributed by atoms with Crippen LogP contribution in [0.1, 0.15) is 0 Å². The summed E-state index contributed by atoms with van der Waals surface area (Å²) in [6.07, 6.45) is 4.19. The second-order valence-electron chi connectivity index (χ2n) is 4.52. The Morgan fingerprint density at radius 3 is 2.57 bits per heavy atom. The van der Waals surface area contributed by atoms with E-state index in [0.29, 0.717) is 11.4 Å². The van der Waals surface area contributed by atoms with Crippen molar-refractivity contribution in [3.8, 4) is 22.5 Å². The molecule has 0 aliphatic carbocycles. The van der Waals surface area contributed by atoms with Gasteiger partial charge in [-0.05, 0) is 11.6 Å². The molecule has 3 aromatic rings. The van der Waals surface area contributed by atoms with E-state index in [1.54, 1.807) is 12.3 Å². The molecule has 106 valence electrons. The zero-order valence-corrected chi connectivity index (χ0v) is 12.0. The zero-order chi connectivity index (χ0) is 14.9. The van der Waals surface area contributed by atoms with E-state index in [4.69, 9.17) is 0 Å². The van der Waals surface area contributed by atoms with Crippen LogP contribution < -0.4 is 0 Å². The Morgan fingerprint density at radius 1 is 1.10 bits per heavy atom. The van der Waals surface area contributed by atoms with Gasteiger partial charge in [-0.2, -0.15) is 5.10 Å². The maximum absolute atomic E-state index is 11.6. The quantitative estimate of drug-likeness (QED) is 0.747. The second kappa shape index (κ2) is 5.10. The molecule has 0 saturated heterocycles. The van der Waals surface area contributed by atoms with E-state index in [9.17, 15) is 8.42 Å². The molecular formula is C14H12N4O2S. The molecule has 0 saturated carbocycles. The number of aromatic nitrogens is 4. The van der Waals surface area contributed by atoms with Gasteiger partial charge in [-0.1, -0.05) is 30.3 Å². The van der Waals surface area contributed by atoms with Crippen LogP contribution in [0.15, 0.2) is 53.9 Å². The van der Waals surface area contributed by atoms with Gasteiger partial charge in [-0.3, -0.25) is 5.10 Å². The summed E-state index contributed by atoms with van der Waals surface area (Å²) >= 11 is 0. The van der Waals surface area contributed by atoms with E-state index < -0.39 is 9.84 Å². The molecule has 2 aromatic heterocycles. The number of aromatic amines is 1. The maximum Gasteiger partial charge on any atom is 0.247 e. The molecule has 3 rings (SSSR count). The van der Waals surface area contributed by atoms with Crippen LogP contribution >= 0.6 is 0 Å². The number of H-pyrrole nitrogens is 1. The number of nitrogens with one attached hydrogen (secondary N) is 1. The van der Waals surface area contributed by atoms with Gasteiger partial charge in [0.25, 0.3) is 0 Å². The summed E-state index contributed by atoms with van der Waals surface area (Å²) in [5.41, 5.74) is 2.98. The topological polar surface area (TPSA) is 88.6 Å². The van der Waals surface area contributed by atoms with Crippen LogP contribution in [0.5, 0.6) is 0 Å². The highest BCUT2D eigenvalue weighted by Crippen LogP contribution is 2.28. The van der Waals surface area contributed by atoms with E-state index in [1.165, 1.54) is 6.20 Å². The van der Waals surface area contributed by atoms with E-state index >= 15 is 0 Å². The molecule has 0 atom stereocenters. The molecule has 21 heavy (non-hydrogen) atoms. The number of rotatable bonds is 3. The smallest absolute Gasteiger partial charge is 0.247 e. The summed E-state index contributed by atoms with van der Waals surface area (Å²) < 4.78 is 23.1. The third-order valence-corrected chi connectivity index (χ3v) is 3.81. The average molecular weight is 300 g/mol. The van der Waals surface area contributed by atoms with Crippen molar-refractivity contribution in [2.45, 2.75) is 5.16 Å². The van der Waals surface area contributed by atoms with Gasteiger partial charge in [-0.25, -0.2) is 18.4 Å². The van der Waals surface area contributed by atoms with Crippen molar-refractivity contribution in [2.24, 2.45) is 0 Å². The summed E-state index contributed by atoms with van der Waals surface area (Å²) in [6, 6.07) is 11.3. The number of hydrogen-bond acceptors (Lipinski definition) is 5. The van der Waals surface area contributed by atoms with Crippen LogP contribution in [0, 0.1) is 0 Å². The Kier molecular flexibility index (Phi) is 3.26.